The minimum atomic E-state index is 0.0378. The molecule has 1 aromatic heterocycles. The van der Waals surface area contributed by atoms with Gasteiger partial charge < -0.3 is 15.7 Å². The molecule has 0 aliphatic carbocycles. The van der Waals surface area contributed by atoms with Gasteiger partial charge in [-0.15, -0.1) is 11.3 Å². The lowest BCUT2D eigenvalue weighted by molar-refractivity contribution is 0.305. The monoisotopic (exact) mass is 326 g/mol. The zero-order chi connectivity index (χ0) is 13.0. The molecule has 0 fully saturated rings. The average Bonchev–Trinajstić information content (AvgIpc) is 2.81. The summed E-state index contributed by atoms with van der Waals surface area (Å²) in [6.07, 6.45) is 0. The van der Waals surface area contributed by atoms with Crippen LogP contribution < -0.4 is 10.5 Å². The summed E-state index contributed by atoms with van der Waals surface area (Å²) in [5.74, 6) is 0.629. The highest BCUT2D eigenvalue weighted by molar-refractivity contribution is 9.10. The number of halogens is 1. The molecule has 0 spiro atoms. The largest absolute Gasteiger partial charge is 0.487 e. The fourth-order valence-electron chi connectivity index (χ4n) is 1.43. The molecular formula is C12H11BrN2O2S. The maximum absolute atomic E-state index is 8.71. The van der Waals surface area contributed by atoms with E-state index in [1.807, 2.05) is 17.5 Å². The van der Waals surface area contributed by atoms with Crippen molar-refractivity contribution in [2.24, 2.45) is 10.9 Å². The molecule has 4 nitrogen and oxygen atoms in total. The first-order valence-electron chi connectivity index (χ1n) is 5.14. The van der Waals surface area contributed by atoms with Crippen LogP contribution in [0.15, 0.2) is 45.3 Å². The Labute approximate surface area is 117 Å². The first-order valence-corrected chi connectivity index (χ1v) is 6.81. The van der Waals surface area contributed by atoms with Crippen LogP contribution in [0.25, 0.3) is 0 Å². The molecule has 0 bridgehead atoms. The van der Waals surface area contributed by atoms with E-state index in [4.69, 9.17) is 15.7 Å². The summed E-state index contributed by atoms with van der Waals surface area (Å²) in [6.45, 7) is 0.438. The number of nitrogens with zero attached hydrogens (tertiary/aromatic N) is 1. The van der Waals surface area contributed by atoms with Gasteiger partial charge in [0.25, 0.3) is 0 Å². The van der Waals surface area contributed by atoms with Crippen LogP contribution in [0.4, 0.5) is 0 Å². The second-order valence-corrected chi connectivity index (χ2v) is 5.32. The number of ether oxygens (including phenoxy) is 1. The van der Waals surface area contributed by atoms with Crippen LogP contribution in [-0.2, 0) is 6.61 Å². The molecule has 0 atom stereocenters. The molecule has 1 heterocycles. The summed E-state index contributed by atoms with van der Waals surface area (Å²) in [4.78, 5) is 1.09. The molecule has 94 valence electrons. The molecular weight excluding hydrogens is 316 g/mol. The summed E-state index contributed by atoms with van der Waals surface area (Å²) in [5, 5.41) is 13.7. The van der Waals surface area contributed by atoms with Crippen molar-refractivity contribution in [3.63, 3.8) is 0 Å². The van der Waals surface area contributed by atoms with E-state index in [-0.39, 0.29) is 5.84 Å². The Morgan fingerprint density at radius 3 is 2.83 bits per heavy atom. The van der Waals surface area contributed by atoms with Gasteiger partial charge in [0, 0.05) is 4.47 Å². The van der Waals surface area contributed by atoms with Crippen molar-refractivity contribution in [1.82, 2.24) is 0 Å². The van der Waals surface area contributed by atoms with Crippen molar-refractivity contribution >= 4 is 33.1 Å². The minimum absolute atomic E-state index is 0.0378. The average molecular weight is 327 g/mol. The van der Waals surface area contributed by atoms with Crippen molar-refractivity contribution in [2.75, 3.05) is 0 Å². The van der Waals surface area contributed by atoms with E-state index in [0.29, 0.717) is 17.9 Å². The van der Waals surface area contributed by atoms with Crippen LogP contribution in [0.5, 0.6) is 5.75 Å². The zero-order valence-electron chi connectivity index (χ0n) is 9.34. The van der Waals surface area contributed by atoms with Gasteiger partial charge in [0.15, 0.2) is 5.84 Å². The van der Waals surface area contributed by atoms with Gasteiger partial charge in [-0.1, -0.05) is 17.3 Å². The van der Waals surface area contributed by atoms with Crippen LogP contribution in [0, 0.1) is 0 Å². The van der Waals surface area contributed by atoms with Crippen LogP contribution in [0.1, 0.15) is 10.4 Å². The van der Waals surface area contributed by atoms with E-state index in [1.54, 1.807) is 29.5 Å². The highest BCUT2D eigenvalue weighted by Crippen LogP contribution is 2.25. The molecule has 6 heteroatoms. The number of nitrogens with two attached hydrogens (primary N) is 1. The van der Waals surface area contributed by atoms with Crippen molar-refractivity contribution < 1.29 is 9.94 Å². The van der Waals surface area contributed by atoms with Crippen LogP contribution in [-0.4, -0.2) is 11.0 Å². The molecule has 0 aliphatic rings. The molecule has 0 radical (unpaired) electrons. The maximum atomic E-state index is 8.71. The molecule has 0 saturated carbocycles. The summed E-state index contributed by atoms with van der Waals surface area (Å²) in [5.41, 5.74) is 6.16. The zero-order valence-corrected chi connectivity index (χ0v) is 11.7. The fraction of sp³-hybridized carbons (Fsp3) is 0.0833. The number of thiophene rings is 1. The Hall–Kier alpha value is -1.53. The molecule has 1 aromatic carbocycles. The molecule has 0 unspecified atom stereocenters. The Morgan fingerprint density at radius 2 is 2.17 bits per heavy atom. The number of rotatable bonds is 4. The highest BCUT2D eigenvalue weighted by Gasteiger charge is 2.09. The summed E-state index contributed by atoms with van der Waals surface area (Å²) in [7, 11) is 0. The van der Waals surface area contributed by atoms with Crippen molar-refractivity contribution in [2.45, 2.75) is 6.61 Å². The molecule has 3 N–H and O–H groups in total. The van der Waals surface area contributed by atoms with E-state index in [9.17, 15) is 0 Å². The minimum Gasteiger partial charge on any atom is -0.487 e. The van der Waals surface area contributed by atoms with Gasteiger partial charge in [-0.2, -0.15) is 0 Å². The number of hydrogen-bond donors (Lipinski definition) is 2. The third-order valence-electron chi connectivity index (χ3n) is 2.32. The number of oxime groups is 1. The second kappa shape index (κ2) is 5.88. The Morgan fingerprint density at radius 1 is 1.39 bits per heavy atom. The lowest BCUT2D eigenvalue weighted by Crippen LogP contribution is -2.14. The smallest absolute Gasteiger partial charge is 0.173 e. The molecule has 0 aliphatic heterocycles. The van der Waals surface area contributed by atoms with Crippen LogP contribution in [0.3, 0.4) is 0 Å². The number of hydrogen-bond acceptors (Lipinski definition) is 4. The molecule has 2 aromatic rings. The van der Waals surface area contributed by atoms with E-state index in [2.05, 4.69) is 21.1 Å². The number of amidine groups is 1. The third-order valence-corrected chi connectivity index (χ3v) is 4.22. The van der Waals surface area contributed by atoms with Gasteiger partial charge in [-0.05, 0) is 39.5 Å². The van der Waals surface area contributed by atoms with Gasteiger partial charge in [-0.3, -0.25) is 0 Å². The lowest BCUT2D eigenvalue weighted by Gasteiger charge is -2.09. The summed E-state index contributed by atoms with van der Waals surface area (Å²) < 4.78 is 6.72. The third kappa shape index (κ3) is 2.83. The second-order valence-electron chi connectivity index (χ2n) is 3.46. The molecule has 0 amide bonds. The first kappa shape index (κ1) is 12.9. The van der Waals surface area contributed by atoms with E-state index >= 15 is 0 Å². The maximum Gasteiger partial charge on any atom is 0.173 e. The quantitative estimate of drug-likeness (QED) is 0.392. The van der Waals surface area contributed by atoms with E-state index in [1.165, 1.54) is 0 Å². The fourth-order valence-corrected chi connectivity index (χ4v) is 2.81. The van der Waals surface area contributed by atoms with E-state index in [0.717, 1.165) is 9.35 Å². The molecule has 0 saturated heterocycles. The van der Waals surface area contributed by atoms with Crippen molar-refractivity contribution in [3.05, 3.63) is 50.6 Å². The summed E-state index contributed by atoms with van der Waals surface area (Å²) in [6, 6.07) is 9.15. The lowest BCUT2D eigenvalue weighted by atomic mass is 10.2. The normalized spacial score (nSPS) is 11.5. The van der Waals surface area contributed by atoms with Crippen LogP contribution >= 0.6 is 27.3 Å². The Balaban J connectivity index is 2.17. The summed E-state index contributed by atoms with van der Waals surface area (Å²) >= 11 is 5.05. The predicted octanol–water partition coefficient (Wildman–Crippen LogP) is 3.18. The van der Waals surface area contributed by atoms with Gasteiger partial charge in [0.1, 0.15) is 12.4 Å². The van der Waals surface area contributed by atoms with Gasteiger partial charge >= 0.3 is 0 Å². The molecule has 18 heavy (non-hydrogen) atoms. The molecule has 2 rings (SSSR count). The highest BCUT2D eigenvalue weighted by atomic mass is 79.9. The first-order chi connectivity index (χ1) is 8.72. The van der Waals surface area contributed by atoms with Gasteiger partial charge in [-0.25, -0.2) is 0 Å². The van der Waals surface area contributed by atoms with Gasteiger partial charge in [0.05, 0.1) is 10.4 Å². The Kier molecular flexibility index (Phi) is 4.22. The van der Waals surface area contributed by atoms with E-state index < -0.39 is 0 Å². The van der Waals surface area contributed by atoms with Crippen molar-refractivity contribution in [1.29, 1.82) is 0 Å². The number of benzene rings is 1. The standard InChI is InChI=1S/C12H11BrN2O2S/c13-9-5-6-18-11(9)7-17-10-4-2-1-3-8(10)12(14)15-16/h1-6,16H,7H2,(H2,14,15). The predicted molar refractivity (Wildman–Crippen MR) is 75.3 cm³/mol. The SMILES string of the molecule is N/C(=N\O)c1ccccc1OCc1sccc1Br. The Bertz CT molecular complexity index is 569. The topological polar surface area (TPSA) is 67.8 Å². The van der Waals surface area contributed by atoms with Crippen molar-refractivity contribution in [3.8, 4) is 5.75 Å². The van der Waals surface area contributed by atoms with Gasteiger partial charge in [0.2, 0.25) is 0 Å². The van der Waals surface area contributed by atoms with Crippen LogP contribution in [0.2, 0.25) is 0 Å². The number of para-hydroxylation sites is 1.